The Morgan fingerprint density at radius 3 is 2.85 bits per heavy atom. The van der Waals surface area contributed by atoms with Gasteiger partial charge in [0, 0.05) is 17.4 Å². The number of hydrogen-bond donors (Lipinski definition) is 0. The second-order valence-corrected chi connectivity index (χ2v) is 3.66. The third kappa shape index (κ3) is 1.56. The third-order valence-corrected chi connectivity index (χ3v) is 2.79. The molecule has 0 fully saturated rings. The van der Waals surface area contributed by atoms with E-state index in [0.717, 1.165) is 12.2 Å². The molecule has 0 saturated heterocycles. The van der Waals surface area contributed by atoms with Crippen LogP contribution in [0.3, 0.4) is 0 Å². The summed E-state index contributed by atoms with van der Waals surface area (Å²) in [7, 11) is 0. The topological polar surface area (TPSA) is 0 Å². The Labute approximate surface area is 79.2 Å². The molecule has 0 aliphatic heterocycles. The van der Waals surface area contributed by atoms with Crippen LogP contribution in [0.1, 0.15) is 4.88 Å². The van der Waals surface area contributed by atoms with E-state index < -0.39 is 11.5 Å². The highest BCUT2D eigenvalue weighted by atomic mass is 32.1. The van der Waals surface area contributed by atoms with Crippen LogP contribution in [0, 0.1) is 12.5 Å². The van der Waals surface area contributed by atoms with Crippen LogP contribution in [0.4, 0.5) is 8.78 Å². The van der Waals surface area contributed by atoms with E-state index in [-0.39, 0.29) is 0 Å². The van der Waals surface area contributed by atoms with E-state index in [1.165, 1.54) is 17.8 Å². The molecule has 66 valence electrons. The first-order valence-electron chi connectivity index (χ1n) is 3.76. The normalized spacial score (nSPS) is 27.4. The number of thiophene rings is 1. The fourth-order valence-electron chi connectivity index (χ4n) is 1.11. The molecule has 1 aromatic rings. The number of hydrogen-bond acceptors (Lipinski definition) is 1. The minimum Gasteiger partial charge on any atom is -0.232 e. The van der Waals surface area contributed by atoms with E-state index in [0.29, 0.717) is 4.88 Å². The van der Waals surface area contributed by atoms with Crippen LogP contribution in [-0.4, -0.2) is 0 Å². The van der Waals surface area contributed by atoms with Crippen molar-refractivity contribution in [2.75, 3.05) is 0 Å². The van der Waals surface area contributed by atoms with Crippen LogP contribution >= 0.6 is 11.3 Å². The van der Waals surface area contributed by atoms with Crippen molar-refractivity contribution in [1.29, 1.82) is 0 Å². The van der Waals surface area contributed by atoms with E-state index in [9.17, 15) is 8.78 Å². The van der Waals surface area contributed by atoms with Crippen LogP contribution in [0.25, 0.3) is 0 Å². The van der Waals surface area contributed by atoms with Gasteiger partial charge in [-0.2, -0.15) is 0 Å². The standard InChI is InChI=1S/C10H6F2S/c11-8-3-5-10(12,6-4-8)9-2-1-7-13-9/h1-3,5-7H. The van der Waals surface area contributed by atoms with Crippen molar-refractivity contribution < 1.29 is 8.78 Å². The summed E-state index contributed by atoms with van der Waals surface area (Å²) in [5.41, 5.74) is -1.68. The molecule has 0 aromatic carbocycles. The molecule has 0 bridgehead atoms. The van der Waals surface area contributed by atoms with Crippen LogP contribution in [-0.2, 0) is 5.67 Å². The Morgan fingerprint density at radius 1 is 1.46 bits per heavy atom. The lowest BCUT2D eigenvalue weighted by Gasteiger charge is -2.19. The highest BCUT2D eigenvalue weighted by molar-refractivity contribution is 7.10. The Balaban J connectivity index is 2.30. The summed E-state index contributed by atoms with van der Waals surface area (Å²) in [5, 5.41) is 1.78. The minimum absolute atomic E-state index is 0.537. The summed E-state index contributed by atoms with van der Waals surface area (Å²) >= 11 is 1.30. The Morgan fingerprint density at radius 2 is 2.31 bits per heavy atom. The molecule has 0 amide bonds. The molecular formula is C10H6F2S. The first-order chi connectivity index (χ1) is 6.21. The van der Waals surface area contributed by atoms with Crippen molar-refractivity contribution in [1.82, 2.24) is 0 Å². The first kappa shape index (κ1) is 8.63. The summed E-state index contributed by atoms with van der Waals surface area (Å²) in [6, 6.07) is 3.44. The fourth-order valence-corrected chi connectivity index (χ4v) is 1.88. The monoisotopic (exact) mass is 196 g/mol. The molecule has 0 spiro atoms. The second kappa shape index (κ2) is 3.07. The van der Waals surface area contributed by atoms with Crippen LogP contribution < -0.4 is 0 Å². The molecule has 1 atom stereocenters. The minimum atomic E-state index is -1.68. The first-order valence-corrected chi connectivity index (χ1v) is 4.64. The van der Waals surface area contributed by atoms with Gasteiger partial charge in [0.1, 0.15) is 5.83 Å². The molecule has 13 heavy (non-hydrogen) atoms. The summed E-state index contributed by atoms with van der Waals surface area (Å²) in [6.45, 7) is 0. The maximum atomic E-state index is 13.9. The van der Waals surface area contributed by atoms with Gasteiger partial charge in [0.05, 0.1) is 0 Å². The van der Waals surface area contributed by atoms with Gasteiger partial charge >= 0.3 is 0 Å². The van der Waals surface area contributed by atoms with Crippen molar-refractivity contribution in [2.45, 2.75) is 5.67 Å². The second-order valence-electron chi connectivity index (χ2n) is 2.72. The largest absolute Gasteiger partial charge is 0.232 e. The van der Waals surface area contributed by atoms with E-state index in [1.54, 1.807) is 17.5 Å². The van der Waals surface area contributed by atoms with E-state index >= 15 is 0 Å². The molecule has 0 nitrogen and oxygen atoms in total. The smallest absolute Gasteiger partial charge is 0.171 e. The molecule has 1 aliphatic rings. The molecule has 1 aliphatic carbocycles. The van der Waals surface area contributed by atoms with E-state index in [4.69, 9.17) is 0 Å². The molecule has 2 radical (unpaired) electrons. The Kier molecular flexibility index (Phi) is 2.04. The van der Waals surface area contributed by atoms with Crippen molar-refractivity contribution in [3.05, 3.63) is 52.9 Å². The SMILES string of the molecule is FC1=C[CH]C(F)(c2cccs2)C=[C]1. The quantitative estimate of drug-likeness (QED) is 0.646. The summed E-state index contributed by atoms with van der Waals surface area (Å²) in [6.07, 6.45) is 5.63. The number of rotatable bonds is 1. The maximum Gasteiger partial charge on any atom is 0.171 e. The van der Waals surface area contributed by atoms with Crippen LogP contribution in [0.2, 0.25) is 0 Å². The molecule has 1 unspecified atom stereocenters. The molecule has 1 aromatic heterocycles. The third-order valence-electron chi connectivity index (χ3n) is 1.79. The van der Waals surface area contributed by atoms with Gasteiger partial charge in [-0.1, -0.05) is 6.07 Å². The van der Waals surface area contributed by atoms with E-state index in [1.807, 2.05) is 0 Å². The number of alkyl halides is 1. The highest BCUT2D eigenvalue weighted by Gasteiger charge is 2.31. The zero-order valence-electron chi connectivity index (χ0n) is 6.63. The van der Waals surface area contributed by atoms with Crippen molar-refractivity contribution in [3.8, 4) is 0 Å². The maximum absolute atomic E-state index is 13.9. The number of halogens is 2. The van der Waals surface area contributed by atoms with Crippen LogP contribution in [0.5, 0.6) is 0 Å². The van der Waals surface area contributed by atoms with Crippen molar-refractivity contribution in [3.63, 3.8) is 0 Å². The van der Waals surface area contributed by atoms with Gasteiger partial charge in [-0.25, -0.2) is 8.78 Å². The molecule has 0 N–H and O–H groups in total. The molecule has 0 saturated carbocycles. The Bertz CT molecular complexity index is 351. The van der Waals surface area contributed by atoms with Crippen molar-refractivity contribution >= 4 is 11.3 Å². The van der Waals surface area contributed by atoms with Crippen molar-refractivity contribution in [2.24, 2.45) is 0 Å². The lowest BCUT2D eigenvalue weighted by Crippen LogP contribution is -2.17. The lowest BCUT2D eigenvalue weighted by molar-refractivity contribution is 0.288. The summed E-state index contributed by atoms with van der Waals surface area (Å²) in [5.74, 6) is -0.537. The summed E-state index contributed by atoms with van der Waals surface area (Å²) < 4.78 is 26.4. The molecule has 1 heterocycles. The zero-order valence-corrected chi connectivity index (χ0v) is 7.44. The zero-order chi connectivity index (χ0) is 9.31. The predicted molar refractivity (Wildman–Crippen MR) is 48.4 cm³/mol. The van der Waals surface area contributed by atoms with E-state index in [2.05, 4.69) is 6.08 Å². The van der Waals surface area contributed by atoms with Gasteiger partial charge in [-0.15, -0.1) is 11.3 Å². The molecular weight excluding hydrogens is 190 g/mol. The predicted octanol–water partition coefficient (Wildman–Crippen LogP) is 3.34. The molecule has 2 rings (SSSR count). The van der Waals surface area contributed by atoms with Gasteiger partial charge in [0.2, 0.25) is 0 Å². The van der Waals surface area contributed by atoms with Gasteiger partial charge in [0.25, 0.3) is 0 Å². The number of allylic oxidation sites excluding steroid dienone is 4. The fraction of sp³-hybridized carbons (Fsp3) is 0.100. The Hall–Kier alpha value is -0.960. The average molecular weight is 196 g/mol. The van der Waals surface area contributed by atoms with Gasteiger partial charge in [-0.05, 0) is 23.6 Å². The lowest BCUT2D eigenvalue weighted by atomic mass is 9.95. The summed E-state index contributed by atoms with van der Waals surface area (Å²) in [4.78, 5) is 0.545. The molecule has 3 heteroatoms. The van der Waals surface area contributed by atoms with Gasteiger partial charge in [-0.3, -0.25) is 0 Å². The van der Waals surface area contributed by atoms with Crippen LogP contribution in [0.15, 0.2) is 35.5 Å². The van der Waals surface area contributed by atoms with Gasteiger partial charge < -0.3 is 0 Å². The van der Waals surface area contributed by atoms with Gasteiger partial charge in [0.15, 0.2) is 5.67 Å². The average Bonchev–Trinajstić information content (AvgIpc) is 2.63. The highest BCUT2D eigenvalue weighted by Crippen LogP contribution is 2.37.